The van der Waals surface area contributed by atoms with Gasteiger partial charge in [0.1, 0.15) is 34.5 Å². The Labute approximate surface area is 172 Å². The number of terminal acetylenes is 1. The molecule has 30 heavy (non-hydrogen) atoms. The summed E-state index contributed by atoms with van der Waals surface area (Å²) in [6.45, 7) is 0. The molecule has 0 bridgehead atoms. The number of nitrogens with two attached hydrogens (primary N) is 2. The molecule has 6 nitrogen and oxygen atoms in total. The van der Waals surface area contributed by atoms with E-state index in [0.717, 1.165) is 10.8 Å². The van der Waals surface area contributed by atoms with Crippen molar-refractivity contribution in [3.63, 3.8) is 0 Å². The van der Waals surface area contributed by atoms with Gasteiger partial charge in [-0.15, -0.1) is 6.42 Å². The van der Waals surface area contributed by atoms with Crippen molar-refractivity contribution in [3.8, 4) is 46.8 Å². The van der Waals surface area contributed by atoms with E-state index < -0.39 is 0 Å². The minimum atomic E-state index is -0.0638. The molecule has 0 atom stereocenters. The van der Waals surface area contributed by atoms with Gasteiger partial charge in [-0.05, 0) is 59.3 Å². The molecule has 148 valence electrons. The van der Waals surface area contributed by atoms with Gasteiger partial charge < -0.3 is 31.2 Å². The largest absolute Gasteiger partial charge is 0.506 e. The third-order valence-corrected chi connectivity index (χ3v) is 4.53. The van der Waals surface area contributed by atoms with Crippen LogP contribution >= 0.6 is 0 Å². The molecule has 4 rings (SSSR count). The molecule has 6 heteroatoms. The number of phenols is 2. The molecular weight excluding hydrogens is 380 g/mol. The predicted octanol–water partition coefficient (Wildman–Crippen LogP) is 4.98. The lowest BCUT2D eigenvalue weighted by Gasteiger charge is -2.12. The summed E-state index contributed by atoms with van der Waals surface area (Å²) < 4.78 is 11.7. The highest BCUT2D eigenvalue weighted by molar-refractivity contribution is 5.87. The summed E-state index contributed by atoms with van der Waals surface area (Å²) in [4.78, 5) is 0. The van der Waals surface area contributed by atoms with Gasteiger partial charge in [0, 0.05) is 12.1 Å². The Hall–Kier alpha value is -4.50. The molecule has 0 unspecified atom stereocenters. The first-order chi connectivity index (χ1) is 14.4. The second-order valence-corrected chi connectivity index (χ2v) is 6.65. The summed E-state index contributed by atoms with van der Waals surface area (Å²) in [5.41, 5.74) is 12.3. The predicted molar refractivity (Wildman–Crippen MR) is 117 cm³/mol. The lowest BCUT2D eigenvalue weighted by atomic mass is 10.1. The van der Waals surface area contributed by atoms with Gasteiger partial charge >= 0.3 is 0 Å². The van der Waals surface area contributed by atoms with E-state index >= 15 is 0 Å². The Bertz CT molecular complexity index is 1310. The van der Waals surface area contributed by atoms with Crippen LogP contribution in [0.4, 0.5) is 11.4 Å². The van der Waals surface area contributed by atoms with Gasteiger partial charge in [-0.1, -0.05) is 12.0 Å². The Balaban J connectivity index is 1.66. The van der Waals surface area contributed by atoms with Crippen LogP contribution in [0.25, 0.3) is 10.8 Å². The third kappa shape index (κ3) is 3.73. The van der Waals surface area contributed by atoms with Gasteiger partial charge in [-0.3, -0.25) is 0 Å². The summed E-state index contributed by atoms with van der Waals surface area (Å²) in [5, 5.41) is 21.3. The van der Waals surface area contributed by atoms with Gasteiger partial charge in [-0.25, -0.2) is 0 Å². The maximum absolute atomic E-state index is 9.78. The van der Waals surface area contributed by atoms with Crippen LogP contribution in [-0.4, -0.2) is 10.2 Å². The quantitative estimate of drug-likeness (QED) is 0.219. The normalized spacial score (nSPS) is 10.5. The van der Waals surface area contributed by atoms with Crippen LogP contribution in [0.1, 0.15) is 5.56 Å². The van der Waals surface area contributed by atoms with Crippen LogP contribution < -0.4 is 20.9 Å². The SMILES string of the molecule is C#Cc1cc2cc(Oc3ccc(N)c(O)c3)ccc2cc1Oc1ccc(N)c(O)c1. The number of hydrogen-bond donors (Lipinski definition) is 4. The standard InChI is InChI=1S/C24H18N2O4/c1-2-14-9-16-10-17(29-18-5-7-20(25)22(27)12-18)4-3-15(16)11-24(14)30-19-6-8-21(26)23(28)13-19/h1,3-13,27-28H,25-26H2. The fourth-order valence-electron chi connectivity index (χ4n) is 2.95. The van der Waals surface area contributed by atoms with Crippen molar-refractivity contribution in [1.82, 2.24) is 0 Å². The monoisotopic (exact) mass is 398 g/mol. The maximum atomic E-state index is 9.78. The number of anilines is 2. The molecule has 0 aliphatic heterocycles. The molecule has 0 aliphatic carbocycles. The van der Waals surface area contributed by atoms with Crippen molar-refractivity contribution in [1.29, 1.82) is 0 Å². The lowest BCUT2D eigenvalue weighted by Crippen LogP contribution is -1.91. The molecule has 0 fully saturated rings. The van der Waals surface area contributed by atoms with Gasteiger partial charge in [0.15, 0.2) is 0 Å². The Morgan fingerprint density at radius 3 is 1.83 bits per heavy atom. The molecule has 0 saturated carbocycles. The van der Waals surface area contributed by atoms with Crippen molar-refractivity contribution in [2.75, 3.05) is 11.5 Å². The van der Waals surface area contributed by atoms with Gasteiger partial charge in [-0.2, -0.15) is 0 Å². The molecular formula is C24H18N2O4. The summed E-state index contributed by atoms with van der Waals surface area (Å²) in [7, 11) is 0. The number of fused-ring (bicyclic) bond motifs is 1. The number of ether oxygens (including phenoxy) is 2. The average Bonchev–Trinajstić information content (AvgIpc) is 2.73. The zero-order chi connectivity index (χ0) is 21.3. The first kappa shape index (κ1) is 18.8. The van der Waals surface area contributed by atoms with Crippen molar-refractivity contribution in [3.05, 3.63) is 72.3 Å². The highest BCUT2D eigenvalue weighted by atomic mass is 16.5. The lowest BCUT2D eigenvalue weighted by molar-refractivity contribution is 0.455. The van der Waals surface area contributed by atoms with Crippen molar-refractivity contribution in [2.45, 2.75) is 0 Å². The summed E-state index contributed by atoms with van der Waals surface area (Å²) in [6, 6.07) is 18.5. The second-order valence-electron chi connectivity index (χ2n) is 6.65. The minimum absolute atomic E-state index is 0.0431. The first-order valence-corrected chi connectivity index (χ1v) is 9.00. The van der Waals surface area contributed by atoms with Crippen LogP contribution in [-0.2, 0) is 0 Å². The molecule has 0 radical (unpaired) electrons. The van der Waals surface area contributed by atoms with Crippen LogP contribution in [0.15, 0.2) is 66.7 Å². The van der Waals surface area contributed by atoms with Crippen molar-refractivity contribution < 1.29 is 19.7 Å². The number of hydrogen-bond acceptors (Lipinski definition) is 6. The zero-order valence-corrected chi connectivity index (χ0v) is 15.8. The van der Waals surface area contributed by atoms with E-state index in [4.69, 9.17) is 27.4 Å². The van der Waals surface area contributed by atoms with E-state index in [9.17, 15) is 10.2 Å². The van der Waals surface area contributed by atoms with E-state index in [1.807, 2.05) is 24.3 Å². The molecule has 4 aromatic carbocycles. The maximum Gasteiger partial charge on any atom is 0.143 e. The number of benzene rings is 4. The zero-order valence-electron chi connectivity index (χ0n) is 15.8. The van der Waals surface area contributed by atoms with Crippen LogP contribution in [0, 0.1) is 12.3 Å². The van der Waals surface area contributed by atoms with Crippen molar-refractivity contribution in [2.24, 2.45) is 0 Å². The Kier molecular flexibility index (Phi) is 4.71. The average molecular weight is 398 g/mol. The highest BCUT2D eigenvalue weighted by Crippen LogP contribution is 2.35. The minimum Gasteiger partial charge on any atom is -0.506 e. The van der Waals surface area contributed by atoms with E-state index in [2.05, 4.69) is 5.92 Å². The van der Waals surface area contributed by atoms with Gasteiger partial charge in [0.25, 0.3) is 0 Å². The molecule has 0 amide bonds. The molecule has 4 aromatic rings. The molecule has 0 aromatic heterocycles. The molecule has 0 saturated heterocycles. The number of nitrogen functional groups attached to an aromatic ring is 2. The van der Waals surface area contributed by atoms with Crippen LogP contribution in [0.5, 0.6) is 34.5 Å². The van der Waals surface area contributed by atoms with Gasteiger partial charge in [0.2, 0.25) is 0 Å². The smallest absolute Gasteiger partial charge is 0.143 e. The molecule has 0 spiro atoms. The summed E-state index contributed by atoms with van der Waals surface area (Å²) in [5.74, 6) is 4.44. The number of aromatic hydroxyl groups is 2. The Morgan fingerprint density at radius 2 is 1.23 bits per heavy atom. The summed E-state index contributed by atoms with van der Waals surface area (Å²) >= 11 is 0. The third-order valence-electron chi connectivity index (χ3n) is 4.53. The van der Waals surface area contributed by atoms with Crippen molar-refractivity contribution >= 4 is 22.1 Å². The fraction of sp³-hybridized carbons (Fsp3) is 0. The molecule has 0 heterocycles. The number of rotatable bonds is 4. The topological polar surface area (TPSA) is 111 Å². The van der Waals surface area contributed by atoms with E-state index in [0.29, 0.717) is 28.6 Å². The highest BCUT2D eigenvalue weighted by Gasteiger charge is 2.09. The first-order valence-electron chi connectivity index (χ1n) is 9.00. The molecule has 6 N–H and O–H groups in total. The van der Waals surface area contributed by atoms with E-state index in [1.54, 1.807) is 30.3 Å². The van der Waals surface area contributed by atoms with Crippen LogP contribution in [0.2, 0.25) is 0 Å². The van der Waals surface area contributed by atoms with Gasteiger partial charge in [0.05, 0.1) is 16.9 Å². The summed E-state index contributed by atoms with van der Waals surface area (Å²) in [6.07, 6.45) is 5.67. The van der Waals surface area contributed by atoms with Crippen LogP contribution in [0.3, 0.4) is 0 Å². The second kappa shape index (κ2) is 7.49. The fourth-order valence-corrected chi connectivity index (χ4v) is 2.95. The van der Waals surface area contributed by atoms with E-state index in [1.165, 1.54) is 12.1 Å². The number of phenolic OH excluding ortho intramolecular Hbond substituents is 2. The van der Waals surface area contributed by atoms with E-state index in [-0.39, 0.29) is 22.9 Å². The Morgan fingerprint density at radius 1 is 0.667 bits per heavy atom. The molecule has 0 aliphatic rings.